The van der Waals surface area contributed by atoms with Gasteiger partial charge in [-0.25, -0.2) is 12.8 Å². The van der Waals surface area contributed by atoms with Crippen LogP contribution in [0.4, 0.5) is 10.1 Å². The number of halogens is 3. The van der Waals surface area contributed by atoms with Crippen LogP contribution in [0.15, 0.2) is 89.6 Å². The highest BCUT2D eigenvalue weighted by molar-refractivity contribution is 7.92. The van der Waals surface area contributed by atoms with E-state index in [1.165, 1.54) is 36.4 Å². The maximum Gasteiger partial charge on any atom is 0.268 e. The summed E-state index contributed by atoms with van der Waals surface area (Å²) < 4.78 is 39.4. The summed E-state index contributed by atoms with van der Waals surface area (Å²) in [6.07, 6.45) is 2.87. The Bertz CT molecular complexity index is 1630. The Hall–Kier alpha value is -3.46. The lowest BCUT2D eigenvalue weighted by atomic mass is 9.98. The van der Waals surface area contributed by atoms with Gasteiger partial charge in [0.15, 0.2) is 9.84 Å². The van der Waals surface area contributed by atoms with Crippen LogP contribution in [0.3, 0.4) is 0 Å². The molecule has 6 nitrogen and oxygen atoms in total. The summed E-state index contributed by atoms with van der Waals surface area (Å²) in [5.41, 5.74) is 0.620. The fraction of sp³-hybridized carbons (Fsp3) is 0.172. The number of carbonyl (C=O) groups is 1. The largest absolute Gasteiger partial charge is 0.803 e. The zero-order valence-electron chi connectivity index (χ0n) is 20.5. The molecule has 0 radical (unpaired) electrons. The summed E-state index contributed by atoms with van der Waals surface area (Å²) in [5, 5.41) is 17.9. The van der Waals surface area contributed by atoms with Crippen molar-refractivity contribution in [2.24, 2.45) is 0 Å². The van der Waals surface area contributed by atoms with Crippen LogP contribution in [0.1, 0.15) is 24.0 Å². The topological polar surface area (TPSA) is 97.6 Å². The Morgan fingerprint density at radius 2 is 1.67 bits per heavy atom. The first-order valence-electron chi connectivity index (χ1n) is 12.1. The van der Waals surface area contributed by atoms with Gasteiger partial charge in [0, 0.05) is 5.02 Å². The van der Waals surface area contributed by atoms with Crippen molar-refractivity contribution < 1.29 is 17.6 Å². The van der Waals surface area contributed by atoms with Crippen molar-refractivity contribution in [1.82, 2.24) is 5.32 Å². The molecule has 39 heavy (non-hydrogen) atoms. The zero-order chi connectivity index (χ0) is 27.8. The number of carbonyl (C=O) groups excluding carboxylic acids is 1. The standard InChI is InChI=1S/C29H23Cl2FN3O3S/c30-21-8-11-25(24(31)15-21)34-27(28(36)35-29(12-13-29)20-4-2-1-3-5-20)23-17-39(37,38)16-19(26(23)33)14-18-6-9-22(32)10-7-18/h1-11,14-15,34H,12-13,16-17H2,(H,35,36)/q-1/b19-14+,27-23-. The first-order valence-corrected chi connectivity index (χ1v) is 14.7. The lowest BCUT2D eigenvalue weighted by molar-refractivity contribution is -0.118. The van der Waals surface area contributed by atoms with Gasteiger partial charge in [-0.05, 0) is 65.4 Å². The first-order chi connectivity index (χ1) is 18.6. The number of anilines is 1. The molecule has 1 aliphatic carbocycles. The minimum Gasteiger partial charge on any atom is -0.803 e. The Morgan fingerprint density at radius 3 is 2.31 bits per heavy atom. The van der Waals surface area contributed by atoms with Crippen molar-refractivity contribution in [2.75, 3.05) is 16.8 Å². The number of hydrogen-bond acceptors (Lipinski definition) is 4. The number of benzene rings is 3. The number of sulfone groups is 1. The van der Waals surface area contributed by atoms with Crippen molar-refractivity contribution in [3.8, 4) is 0 Å². The van der Waals surface area contributed by atoms with Gasteiger partial charge in [-0.2, -0.15) is 0 Å². The van der Waals surface area contributed by atoms with Crippen LogP contribution in [0.25, 0.3) is 11.5 Å². The Balaban J connectivity index is 1.59. The van der Waals surface area contributed by atoms with Crippen LogP contribution in [-0.4, -0.2) is 31.5 Å². The molecule has 3 aromatic carbocycles. The van der Waals surface area contributed by atoms with E-state index in [0.29, 0.717) is 29.1 Å². The second kappa shape index (κ2) is 10.6. The van der Waals surface area contributed by atoms with E-state index in [1.54, 1.807) is 12.1 Å². The summed E-state index contributed by atoms with van der Waals surface area (Å²) in [7, 11) is -3.77. The van der Waals surface area contributed by atoms with Crippen molar-refractivity contribution in [3.05, 3.63) is 122 Å². The molecule has 2 aliphatic rings. The van der Waals surface area contributed by atoms with Crippen LogP contribution >= 0.6 is 23.2 Å². The van der Waals surface area contributed by atoms with Gasteiger partial charge >= 0.3 is 0 Å². The minimum absolute atomic E-state index is 0.0846. The van der Waals surface area contributed by atoms with Gasteiger partial charge in [0.05, 0.1) is 27.8 Å². The van der Waals surface area contributed by atoms with Crippen molar-refractivity contribution in [1.29, 1.82) is 0 Å². The summed E-state index contributed by atoms with van der Waals surface area (Å²) in [4.78, 5) is 13.8. The van der Waals surface area contributed by atoms with Crippen molar-refractivity contribution >= 4 is 56.4 Å². The highest BCUT2D eigenvalue weighted by Crippen LogP contribution is 2.45. The smallest absolute Gasteiger partial charge is 0.268 e. The fourth-order valence-electron chi connectivity index (χ4n) is 4.54. The monoisotopic (exact) mass is 582 g/mol. The molecule has 0 unspecified atom stereocenters. The van der Waals surface area contributed by atoms with Gasteiger partial charge in [0.25, 0.3) is 5.91 Å². The van der Waals surface area contributed by atoms with E-state index in [0.717, 1.165) is 5.56 Å². The molecule has 1 saturated carbocycles. The molecule has 0 aromatic heterocycles. The van der Waals surface area contributed by atoms with E-state index < -0.39 is 38.6 Å². The molecule has 3 aromatic rings. The third kappa shape index (κ3) is 6.08. The first kappa shape index (κ1) is 27.1. The summed E-state index contributed by atoms with van der Waals surface area (Å²) in [6, 6.07) is 19.5. The normalized spacial score (nSPS) is 19.9. The molecular formula is C29H23Cl2FN3O3S-. The second-order valence-corrected chi connectivity index (χ2v) is 12.5. The number of nitrogens with one attached hydrogen (secondary N) is 2. The predicted octanol–water partition coefficient (Wildman–Crippen LogP) is 6.13. The van der Waals surface area contributed by atoms with Crippen LogP contribution in [0.5, 0.6) is 0 Å². The quantitative estimate of drug-likeness (QED) is 0.342. The van der Waals surface area contributed by atoms with Crippen LogP contribution in [0.2, 0.25) is 10.0 Å². The molecule has 1 saturated heterocycles. The molecule has 5 rings (SSSR count). The number of rotatable bonds is 6. The molecule has 2 N–H and O–H groups in total. The summed E-state index contributed by atoms with van der Waals surface area (Å²) in [5.74, 6) is -2.05. The maximum absolute atomic E-state index is 13.8. The van der Waals surface area contributed by atoms with E-state index in [-0.39, 0.29) is 27.6 Å². The third-order valence-electron chi connectivity index (χ3n) is 6.69. The van der Waals surface area contributed by atoms with Gasteiger partial charge in [-0.1, -0.05) is 71.7 Å². The number of nitrogens with zero attached hydrogens (tertiary/aromatic N) is 1. The zero-order valence-corrected chi connectivity index (χ0v) is 22.9. The Kier molecular flexibility index (Phi) is 7.37. The van der Waals surface area contributed by atoms with Crippen LogP contribution < -0.4 is 10.6 Å². The molecule has 0 atom stereocenters. The molecule has 1 heterocycles. The lowest BCUT2D eigenvalue weighted by Gasteiger charge is -2.30. The summed E-state index contributed by atoms with van der Waals surface area (Å²) in [6.45, 7) is 0. The molecule has 0 bridgehead atoms. The van der Waals surface area contributed by atoms with Gasteiger partial charge in [-0.15, -0.1) is 5.71 Å². The molecule has 1 aliphatic heterocycles. The van der Waals surface area contributed by atoms with E-state index >= 15 is 0 Å². The van der Waals surface area contributed by atoms with Gasteiger partial charge in [-0.3, -0.25) is 4.79 Å². The summed E-state index contributed by atoms with van der Waals surface area (Å²) >= 11 is 12.4. The highest BCUT2D eigenvalue weighted by atomic mass is 35.5. The van der Waals surface area contributed by atoms with Crippen molar-refractivity contribution in [2.45, 2.75) is 18.4 Å². The SMILES string of the molecule is [N-]=C1/C(=C/c2ccc(F)cc2)CS(=O)(=O)C/C1=C(/Nc1ccc(Cl)cc1Cl)C(=O)NC1(c2ccccc2)CC1. The number of amides is 1. The average Bonchev–Trinajstić information content (AvgIpc) is 3.68. The van der Waals surface area contributed by atoms with E-state index in [2.05, 4.69) is 10.6 Å². The van der Waals surface area contributed by atoms with E-state index in [9.17, 15) is 23.0 Å². The second-order valence-electron chi connectivity index (χ2n) is 9.61. The third-order valence-corrected chi connectivity index (χ3v) is 8.72. The van der Waals surface area contributed by atoms with Gasteiger partial charge < -0.3 is 16.0 Å². The van der Waals surface area contributed by atoms with Gasteiger partial charge in [0.2, 0.25) is 0 Å². The van der Waals surface area contributed by atoms with E-state index in [1.807, 2.05) is 30.3 Å². The molecule has 2 fully saturated rings. The Labute approximate surface area is 236 Å². The molecular weight excluding hydrogens is 560 g/mol. The van der Waals surface area contributed by atoms with Gasteiger partial charge in [0.1, 0.15) is 11.5 Å². The lowest BCUT2D eigenvalue weighted by Crippen LogP contribution is -2.40. The predicted molar refractivity (Wildman–Crippen MR) is 154 cm³/mol. The average molecular weight is 583 g/mol. The molecule has 0 spiro atoms. The maximum atomic E-state index is 13.8. The molecule has 200 valence electrons. The number of hydrogen-bond donors (Lipinski definition) is 2. The van der Waals surface area contributed by atoms with Crippen LogP contribution in [-0.2, 0) is 20.2 Å². The molecule has 1 amide bonds. The highest BCUT2D eigenvalue weighted by Gasteiger charge is 2.46. The van der Waals surface area contributed by atoms with Crippen LogP contribution in [0, 0.1) is 5.82 Å². The fourth-order valence-corrected chi connectivity index (χ4v) is 6.51. The minimum atomic E-state index is -3.77. The molecule has 10 heteroatoms. The Morgan fingerprint density at radius 1 is 0.974 bits per heavy atom. The van der Waals surface area contributed by atoms with E-state index in [4.69, 9.17) is 23.2 Å². The van der Waals surface area contributed by atoms with Crippen molar-refractivity contribution in [3.63, 3.8) is 0 Å².